The van der Waals surface area contributed by atoms with Crippen LogP contribution in [-0.2, 0) is 14.3 Å². The maximum atomic E-state index is 12.1. The number of rotatable bonds is 2. The molecule has 2 aliphatic rings. The number of imide groups is 1. The zero-order valence-corrected chi connectivity index (χ0v) is 13.7. The van der Waals surface area contributed by atoms with E-state index < -0.39 is 30.7 Å². The number of hydrogen-bond donors (Lipinski definition) is 1. The van der Waals surface area contributed by atoms with Gasteiger partial charge in [0.2, 0.25) is 5.91 Å². The molecule has 0 spiro atoms. The molecule has 4 rings (SSSR count). The molecule has 0 unspecified atom stereocenters. The lowest BCUT2D eigenvalue weighted by atomic mass is 9.97. The number of urea groups is 1. The van der Waals surface area contributed by atoms with Crippen molar-refractivity contribution in [2.24, 2.45) is 0 Å². The number of benzene rings is 2. The lowest BCUT2D eigenvalue weighted by Crippen LogP contribution is -2.48. The highest BCUT2D eigenvalue weighted by atomic mass is 16.6. The molecule has 2 saturated heterocycles. The second-order valence-corrected chi connectivity index (χ2v) is 6.08. The summed E-state index contributed by atoms with van der Waals surface area (Å²) in [5.74, 6) is -0.376. The Kier molecular flexibility index (Phi) is 3.99. The van der Waals surface area contributed by atoms with E-state index >= 15 is 0 Å². The van der Waals surface area contributed by atoms with Crippen LogP contribution in [0.4, 0.5) is 4.79 Å². The Morgan fingerprint density at radius 1 is 0.920 bits per heavy atom. The van der Waals surface area contributed by atoms with Crippen LogP contribution in [0.3, 0.4) is 0 Å². The third-order valence-electron chi connectivity index (χ3n) is 4.45. The van der Waals surface area contributed by atoms with Gasteiger partial charge in [-0.25, -0.2) is 9.69 Å². The van der Waals surface area contributed by atoms with Crippen molar-refractivity contribution in [3.8, 4) is 0 Å². The molecule has 0 saturated carbocycles. The van der Waals surface area contributed by atoms with Crippen molar-refractivity contribution in [3.63, 3.8) is 0 Å². The first-order valence-electron chi connectivity index (χ1n) is 8.16. The Bertz CT molecular complexity index is 781. The van der Waals surface area contributed by atoms with E-state index in [-0.39, 0.29) is 5.91 Å². The normalized spacial score (nSPS) is 28.4. The summed E-state index contributed by atoms with van der Waals surface area (Å²) in [6.07, 6.45) is -2.30. The molecule has 0 bridgehead atoms. The van der Waals surface area contributed by atoms with Gasteiger partial charge in [0, 0.05) is 6.92 Å². The molecule has 2 fully saturated rings. The summed E-state index contributed by atoms with van der Waals surface area (Å²) in [7, 11) is 0. The van der Waals surface area contributed by atoms with Gasteiger partial charge in [-0.05, 0) is 11.1 Å². The second kappa shape index (κ2) is 6.31. The molecule has 25 heavy (non-hydrogen) atoms. The van der Waals surface area contributed by atoms with Crippen LogP contribution in [0.15, 0.2) is 60.7 Å². The maximum Gasteiger partial charge on any atom is 0.328 e. The molecular formula is C19H18N2O4. The van der Waals surface area contributed by atoms with Gasteiger partial charge in [-0.1, -0.05) is 60.7 Å². The Morgan fingerprint density at radius 2 is 1.44 bits per heavy atom. The van der Waals surface area contributed by atoms with E-state index in [0.29, 0.717) is 0 Å². The maximum absolute atomic E-state index is 12.1. The highest BCUT2D eigenvalue weighted by Gasteiger charge is 2.51. The first-order valence-corrected chi connectivity index (χ1v) is 8.16. The monoisotopic (exact) mass is 338 g/mol. The summed E-state index contributed by atoms with van der Waals surface area (Å²) >= 11 is 0. The van der Waals surface area contributed by atoms with Crippen LogP contribution in [0, 0.1) is 0 Å². The van der Waals surface area contributed by atoms with E-state index in [0.717, 1.165) is 16.0 Å². The van der Waals surface area contributed by atoms with Gasteiger partial charge in [0.05, 0.1) is 0 Å². The van der Waals surface area contributed by atoms with Crippen LogP contribution in [0.25, 0.3) is 0 Å². The van der Waals surface area contributed by atoms with Crippen LogP contribution < -0.4 is 5.32 Å². The number of nitrogens with one attached hydrogen (secondary N) is 1. The average Bonchev–Trinajstić information content (AvgIpc) is 2.97. The van der Waals surface area contributed by atoms with Gasteiger partial charge < -0.3 is 14.8 Å². The lowest BCUT2D eigenvalue weighted by Gasteiger charge is -2.40. The fraction of sp³-hybridized carbons (Fsp3) is 0.263. The number of hydrogen-bond acceptors (Lipinski definition) is 4. The summed E-state index contributed by atoms with van der Waals surface area (Å²) < 4.78 is 12.4. The average molecular weight is 338 g/mol. The number of carbonyl (C=O) groups excluding carboxylic acids is 2. The molecule has 6 heteroatoms. The Morgan fingerprint density at radius 3 is 1.96 bits per heavy atom. The van der Waals surface area contributed by atoms with Crippen molar-refractivity contribution < 1.29 is 19.1 Å². The molecule has 6 nitrogen and oxygen atoms in total. The molecule has 2 aromatic carbocycles. The van der Waals surface area contributed by atoms with Crippen molar-refractivity contribution >= 4 is 11.9 Å². The van der Waals surface area contributed by atoms with Crippen molar-refractivity contribution in [3.05, 3.63) is 71.8 Å². The molecule has 4 atom stereocenters. The highest BCUT2D eigenvalue weighted by Crippen LogP contribution is 2.43. The van der Waals surface area contributed by atoms with Crippen molar-refractivity contribution in [1.82, 2.24) is 10.2 Å². The van der Waals surface area contributed by atoms with E-state index in [1.807, 2.05) is 60.7 Å². The SMILES string of the molecule is CC(=O)N1C(=O)N[C@H]2O[C@H](c3ccccc3)[C@H](c3ccccc3)O[C@H]21. The Hall–Kier alpha value is -2.70. The largest absolute Gasteiger partial charge is 0.343 e. The van der Waals surface area contributed by atoms with Gasteiger partial charge in [0.15, 0.2) is 12.5 Å². The topological polar surface area (TPSA) is 67.9 Å². The zero-order chi connectivity index (χ0) is 17.4. The van der Waals surface area contributed by atoms with E-state index in [9.17, 15) is 9.59 Å². The predicted octanol–water partition coefficient (Wildman–Crippen LogP) is 2.74. The van der Waals surface area contributed by atoms with Crippen molar-refractivity contribution in [2.45, 2.75) is 31.6 Å². The lowest BCUT2D eigenvalue weighted by molar-refractivity contribution is -0.245. The van der Waals surface area contributed by atoms with Crippen LogP contribution in [0.5, 0.6) is 0 Å². The van der Waals surface area contributed by atoms with E-state index in [1.165, 1.54) is 6.92 Å². The van der Waals surface area contributed by atoms with Crippen LogP contribution >= 0.6 is 0 Å². The van der Waals surface area contributed by atoms with Crippen molar-refractivity contribution in [2.75, 3.05) is 0 Å². The van der Waals surface area contributed by atoms with E-state index in [4.69, 9.17) is 9.47 Å². The zero-order valence-electron chi connectivity index (χ0n) is 13.7. The van der Waals surface area contributed by atoms with Gasteiger partial charge in [0.25, 0.3) is 0 Å². The van der Waals surface area contributed by atoms with E-state index in [1.54, 1.807) is 0 Å². The fourth-order valence-corrected chi connectivity index (χ4v) is 3.31. The quantitative estimate of drug-likeness (QED) is 0.914. The minimum Gasteiger partial charge on any atom is -0.343 e. The fourth-order valence-electron chi connectivity index (χ4n) is 3.31. The van der Waals surface area contributed by atoms with Gasteiger partial charge in [-0.15, -0.1) is 0 Å². The summed E-state index contributed by atoms with van der Waals surface area (Å²) in [6, 6.07) is 18.9. The molecule has 1 N–H and O–H groups in total. The molecular weight excluding hydrogens is 320 g/mol. The van der Waals surface area contributed by atoms with Gasteiger partial charge in [0.1, 0.15) is 12.2 Å². The molecule has 2 heterocycles. The Labute approximate surface area is 145 Å². The summed E-state index contributed by atoms with van der Waals surface area (Å²) in [5.41, 5.74) is 1.88. The first kappa shape index (κ1) is 15.8. The third kappa shape index (κ3) is 2.79. The molecule has 0 aliphatic carbocycles. The number of carbonyl (C=O) groups is 2. The number of fused-ring (bicyclic) bond motifs is 1. The molecule has 128 valence electrons. The smallest absolute Gasteiger partial charge is 0.328 e. The molecule has 0 aromatic heterocycles. The molecule has 2 aromatic rings. The predicted molar refractivity (Wildman–Crippen MR) is 89.2 cm³/mol. The second-order valence-electron chi connectivity index (χ2n) is 6.08. The summed E-state index contributed by atoms with van der Waals surface area (Å²) in [5, 5.41) is 2.68. The van der Waals surface area contributed by atoms with Crippen molar-refractivity contribution in [1.29, 1.82) is 0 Å². The minimum absolute atomic E-state index is 0.376. The van der Waals surface area contributed by atoms with Crippen LogP contribution in [0.1, 0.15) is 30.3 Å². The highest BCUT2D eigenvalue weighted by molar-refractivity contribution is 5.95. The number of ether oxygens (including phenoxy) is 2. The standard InChI is InChI=1S/C19H18N2O4/c1-12(22)21-18-17(20-19(21)23)24-15(13-8-4-2-5-9-13)16(25-18)14-10-6-3-7-11-14/h2-11,15-18H,1H3,(H,20,23)/t15-,16+,17+,18-/m1/s1. The number of amides is 3. The molecule has 3 amide bonds. The first-order chi connectivity index (χ1) is 12.1. The minimum atomic E-state index is -0.782. The molecule has 2 aliphatic heterocycles. The van der Waals surface area contributed by atoms with Gasteiger partial charge >= 0.3 is 6.03 Å². The van der Waals surface area contributed by atoms with Crippen LogP contribution in [0.2, 0.25) is 0 Å². The summed E-state index contributed by atoms with van der Waals surface area (Å²) in [6.45, 7) is 1.34. The van der Waals surface area contributed by atoms with Crippen LogP contribution in [-0.4, -0.2) is 29.3 Å². The summed E-state index contributed by atoms with van der Waals surface area (Å²) in [4.78, 5) is 25.0. The third-order valence-corrected chi connectivity index (χ3v) is 4.45. The van der Waals surface area contributed by atoms with E-state index in [2.05, 4.69) is 5.32 Å². The Balaban J connectivity index is 1.72. The van der Waals surface area contributed by atoms with Gasteiger partial charge in [-0.3, -0.25) is 4.79 Å². The molecule has 0 radical (unpaired) electrons. The van der Waals surface area contributed by atoms with Gasteiger partial charge in [-0.2, -0.15) is 0 Å². The number of nitrogens with zero attached hydrogens (tertiary/aromatic N) is 1.